The molecule has 3 N–H and O–H groups in total. The maximum atomic E-state index is 14.7. The third kappa shape index (κ3) is 10.1. The van der Waals surface area contributed by atoms with E-state index in [9.17, 15) is 27.6 Å². The van der Waals surface area contributed by atoms with E-state index in [1.807, 2.05) is 78.4 Å². The van der Waals surface area contributed by atoms with Crippen LogP contribution in [0, 0.1) is 5.92 Å². The van der Waals surface area contributed by atoms with E-state index < -0.39 is 69.3 Å². The summed E-state index contributed by atoms with van der Waals surface area (Å²) < 4.78 is 48.2. The van der Waals surface area contributed by atoms with E-state index in [1.54, 1.807) is 27.9 Å². The van der Waals surface area contributed by atoms with Crippen LogP contribution in [0.2, 0.25) is 0 Å². The van der Waals surface area contributed by atoms with Gasteiger partial charge in [0.25, 0.3) is 11.9 Å². The molecular formula is C45H58N8O9S2. The Bertz CT molecular complexity index is 2530. The maximum Gasteiger partial charge on any atom is 0.408 e. The van der Waals surface area contributed by atoms with Crippen molar-refractivity contribution in [1.29, 1.82) is 0 Å². The highest BCUT2D eigenvalue weighted by Gasteiger charge is 2.62. The molecule has 1 saturated carbocycles. The molecular weight excluding hydrogens is 861 g/mol. The van der Waals surface area contributed by atoms with E-state index in [0.717, 1.165) is 50.2 Å². The lowest BCUT2D eigenvalue weighted by Crippen LogP contribution is -2.58. The first-order valence-electron chi connectivity index (χ1n) is 21.6. The van der Waals surface area contributed by atoms with Crippen LogP contribution in [0.15, 0.2) is 60.0 Å². The van der Waals surface area contributed by atoms with Crippen LogP contribution in [0.3, 0.4) is 0 Å². The molecule has 2 aromatic carbocycles. The van der Waals surface area contributed by atoms with Gasteiger partial charge in [-0.1, -0.05) is 31.1 Å². The minimum Gasteiger partial charge on any atom is -0.497 e. The van der Waals surface area contributed by atoms with Crippen molar-refractivity contribution in [2.75, 3.05) is 27.7 Å². The van der Waals surface area contributed by atoms with Gasteiger partial charge in [0.1, 0.15) is 45.6 Å². The number of allylic oxidation sites excluding steroid dienone is 1. The van der Waals surface area contributed by atoms with E-state index in [4.69, 9.17) is 24.2 Å². The number of fused-ring (bicyclic) bond motifs is 3. The zero-order valence-corrected chi connectivity index (χ0v) is 39.2. The number of thiazole rings is 1. The minimum atomic E-state index is -4.20. The highest BCUT2D eigenvalue weighted by atomic mass is 32.2. The van der Waals surface area contributed by atoms with Crippen LogP contribution in [-0.4, -0.2) is 113 Å². The van der Waals surface area contributed by atoms with Crippen molar-refractivity contribution in [3.63, 3.8) is 0 Å². The molecule has 4 heterocycles. The number of rotatable bonds is 10. The molecule has 1 saturated heterocycles. The number of ether oxygens (including phenoxy) is 3. The number of carbonyl (C=O) groups is 4. The summed E-state index contributed by atoms with van der Waals surface area (Å²) in [7, 11) is 0.0183. The van der Waals surface area contributed by atoms with Crippen molar-refractivity contribution >= 4 is 56.4 Å². The molecule has 17 nitrogen and oxygen atoms in total. The highest BCUT2D eigenvalue weighted by molar-refractivity contribution is 7.87. The number of carbonyl (C=O) groups excluding carboxylic acids is 4. The van der Waals surface area contributed by atoms with Gasteiger partial charge < -0.3 is 29.7 Å². The first-order valence-corrected chi connectivity index (χ1v) is 23.9. The van der Waals surface area contributed by atoms with Crippen LogP contribution in [0.25, 0.3) is 32.9 Å². The van der Waals surface area contributed by atoms with Crippen LogP contribution in [-0.2, 0) is 29.3 Å². The Labute approximate surface area is 378 Å². The number of alkyl carbamates (subject to hydrolysis) is 1. The fraction of sp³-hybridized carbons (Fsp3) is 0.511. The molecule has 4 amide bonds. The Morgan fingerprint density at radius 2 is 1.80 bits per heavy atom. The van der Waals surface area contributed by atoms with Crippen molar-refractivity contribution < 1.29 is 41.8 Å². The average molecular weight is 919 g/mol. The second-order valence-electron chi connectivity index (χ2n) is 18.0. The molecule has 0 spiro atoms. The lowest BCUT2D eigenvalue weighted by molar-refractivity contribution is -0.141. The molecule has 4 aromatic rings. The second-order valence-corrected chi connectivity index (χ2v) is 20.8. The summed E-state index contributed by atoms with van der Waals surface area (Å²) in [5.74, 6) is -1.78. The number of nitrogens with one attached hydrogen (secondary N) is 3. The third-order valence-corrected chi connectivity index (χ3v) is 13.9. The summed E-state index contributed by atoms with van der Waals surface area (Å²) in [5, 5.41) is 8.40. The Balaban J connectivity index is 1.22. The predicted octanol–water partition coefficient (Wildman–Crippen LogP) is 5.98. The Kier molecular flexibility index (Phi) is 13.4. The number of hydrogen-bond donors (Lipinski definition) is 3. The number of methoxy groups -OCH3 is 1. The largest absolute Gasteiger partial charge is 0.497 e. The molecule has 64 heavy (non-hydrogen) atoms. The fourth-order valence-electron chi connectivity index (χ4n) is 8.21. The van der Waals surface area contributed by atoms with Crippen LogP contribution < -0.4 is 24.8 Å². The number of imidazole rings is 1. The van der Waals surface area contributed by atoms with Gasteiger partial charge in [0, 0.05) is 49.0 Å². The van der Waals surface area contributed by atoms with Gasteiger partial charge in [-0.25, -0.2) is 14.5 Å². The quantitative estimate of drug-likeness (QED) is 0.158. The second kappa shape index (κ2) is 18.5. The number of benzene rings is 2. The molecule has 0 radical (unpaired) electrons. The molecule has 2 fully saturated rings. The standard InChI is InChI=1S/C45H58N8O9S2/c1-27(2)53-35-18-14-16-32(39-46-34(26-63-39)28-19-21-30(60-8)22-20-28)37(35)48-42(53)61-31-23-36-38(54)49-45(41(56)50-64(58,59)51(6)7)24-29(45)15-12-10-9-11-13-17-33(40(55)52(36)25-31)47-43(57)62-44(3,4)5/h12,14-16,18-22,26-27,29,31,33,36H,9-11,13,17,23-25H2,1-8H3,(H,47,57)(H,49,54)(H,50,56)/b15-12-/t29-,31-,33+,36+,45-/m1/s1. The number of aromatic nitrogens is 3. The summed E-state index contributed by atoms with van der Waals surface area (Å²) in [6.07, 6.45) is 5.49. The van der Waals surface area contributed by atoms with E-state index in [1.165, 1.54) is 30.3 Å². The zero-order valence-electron chi connectivity index (χ0n) is 37.5. The molecule has 1 aliphatic carbocycles. The number of amides is 4. The van der Waals surface area contributed by atoms with Crippen LogP contribution in [0.4, 0.5) is 4.79 Å². The fourth-order valence-corrected chi connectivity index (χ4v) is 9.66. The smallest absolute Gasteiger partial charge is 0.408 e. The SMILES string of the molecule is COc1ccc(-c2csc(-c3cccc4c3nc(O[C@@H]3C[C@H]5C(=O)N[C@]6(C(=O)NS(=O)(=O)N(C)C)C[C@H]6/C=C\CCCCC[C@H](NC(=O)OC(C)(C)C)C(=O)N5C3)n4C(C)C)n2)cc1. The molecule has 19 heteroatoms. The van der Waals surface area contributed by atoms with Crippen molar-refractivity contribution in [1.82, 2.24) is 39.1 Å². The molecule has 2 aromatic heterocycles. The van der Waals surface area contributed by atoms with E-state index in [-0.39, 0.29) is 31.4 Å². The Hall–Kier alpha value is -5.53. The highest BCUT2D eigenvalue weighted by Crippen LogP contribution is 2.46. The summed E-state index contributed by atoms with van der Waals surface area (Å²) >= 11 is 1.49. The van der Waals surface area contributed by atoms with Crippen LogP contribution >= 0.6 is 11.3 Å². The van der Waals surface area contributed by atoms with Crippen molar-refractivity contribution in [2.45, 2.75) is 115 Å². The van der Waals surface area contributed by atoms with Gasteiger partial charge >= 0.3 is 16.3 Å². The molecule has 344 valence electrons. The van der Waals surface area contributed by atoms with Crippen LogP contribution in [0.1, 0.15) is 85.6 Å². The van der Waals surface area contributed by atoms with Gasteiger partial charge in [0.15, 0.2) is 0 Å². The lowest BCUT2D eigenvalue weighted by Gasteiger charge is -2.30. The van der Waals surface area contributed by atoms with Gasteiger partial charge in [-0.3, -0.25) is 19.0 Å². The first-order chi connectivity index (χ1) is 30.3. The summed E-state index contributed by atoms with van der Waals surface area (Å²) in [6, 6.07) is 11.5. The number of nitrogens with zero attached hydrogens (tertiary/aromatic N) is 5. The van der Waals surface area contributed by atoms with E-state index >= 15 is 0 Å². The first kappa shape index (κ1) is 46.5. The van der Waals surface area contributed by atoms with Crippen molar-refractivity contribution in [3.05, 3.63) is 60.0 Å². The minimum absolute atomic E-state index is 0.0107. The summed E-state index contributed by atoms with van der Waals surface area (Å²) in [6.45, 7) is 9.16. The monoisotopic (exact) mass is 918 g/mol. The molecule has 7 rings (SSSR count). The Morgan fingerprint density at radius 3 is 2.48 bits per heavy atom. The van der Waals surface area contributed by atoms with Crippen LogP contribution in [0.5, 0.6) is 11.8 Å². The zero-order chi connectivity index (χ0) is 46.1. The molecule has 5 atom stereocenters. The van der Waals surface area contributed by atoms with Crippen molar-refractivity contribution in [3.8, 4) is 33.6 Å². The predicted molar refractivity (Wildman–Crippen MR) is 243 cm³/mol. The maximum absolute atomic E-state index is 14.7. The topological polar surface area (TPSA) is 203 Å². The number of hydrogen-bond acceptors (Lipinski definition) is 12. The lowest BCUT2D eigenvalue weighted by atomic mass is 10.0. The molecule has 0 bridgehead atoms. The van der Waals surface area contributed by atoms with Gasteiger partial charge in [0.2, 0.25) is 11.8 Å². The third-order valence-electron chi connectivity index (χ3n) is 11.6. The summed E-state index contributed by atoms with van der Waals surface area (Å²) in [4.78, 5) is 67.8. The van der Waals surface area contributed by atoms with Gasteiger partial charge in [0.05, 0.1) is 24.9 Å². The molecule has 2 aliphatic heterocycles. The van der Waals surface area contributed by atoms with E-state index in [2.05, 4.69) is 15.4 Å². The molecule has 0 unspecified atom stereocenters. The molecule has 3 aliphatic rings. The number of para-hydroxylation sites is 1. The van der Waals surface area contributed by atoms with Crippen molar-refractivity contribution in [2.24, 2.45) is 5.92 Å². The summed E-state index contributed by atoms with van der Waals surface area (Å²) in [5.41, 5.74) is 1.62. The van der Waals surface area contributed by atoms with Gasteiger partial charge in [-0.15, -0.1) is 11.3 Å². The Morgan fingerprint density at radius 1 is 1.05 bits per heavy atom. The van der Waals surface area contributed by atoms with Gasteiger partial charge in [-0.05, 0) is 96.7 Å². The average Bonchev–Trinajstić information content (AvgIpc) is 3.58. The van der Waals surface area contributed by atoms with Gasteiger partial charge in [-0.2, -0.15) is 17.7 Å². The normalized spacial score (nSPS) is 23.7. The van der Waals surface area contributed by atoms with E-state index in [0.29, 0.717) is 24.8 Å².